The minimum absolute atomic E-state index is 0.196. The van der Waals surface area contributed by atoms with E-state index in [0.717, 1.165) is 6.54 Å². The number of benzene rings is 1. The average molecular weight is 269 g/mol. The van der Waals surface area contributed by atoms with Gasteiger partial charge in [0, 0.05) is 30.0 Å². The van der Waals surface area contributed by atoms with Crippen LogP contribution in [-0.2, 0) is 6.54 Å². The van der Waals surface area contributed by atoms with E-state index in [2.05, 4.69) is 5.32 Å². The van der Waals surface area contributed by atoms with Gasteiger partial charge in [0.1, 0.15) is 11.6 Å². The van der Waals surface area contributed by atoms with Gasteiger partial charge < -0.3 is 10.1 Å². The van der Waals surface area contributed by atoms with Crippen LogP contribution in [0.25, 0.3) is 0 Å². The fourth-order valence-electron chi connectivity index (χ4n) is 2.13. The highest BCUT2D eigenvalue weighted by molar-refractivity contribution is 7.99. The zero-order chi connectivity index (χ0) is 12.8. The van der Waals surface area contributed by atoms with Crippen LogP contribution in [0.3, 0.4) is 0 Å². The van der Waals surface area contributed by atoms with E-state index in [9.17, 15) is 4.39 Å². The first-order valence-electron chi connectivity index (χ1n) is 6.44. The Morgan fingerprint density at radius 2 is 2.33 bits per heavy atom. The van der Waals surface area contributed by atoms with Gasteiger partial charge in [-0.1, -0.05) is 12.5 Å². The first-order chi connectivity index (χ1) is 8.79. The van der Waals surface area contributed by atoms with Crippen molar-refractivity contribution in [2.75, 3.05) is 19.4 Å². The number of hydrogen-bond acceptors (Lipinski definition) is 3. The predicted molar refractivity (Wildman–Crippen MR) is 74.8 cm³/mol. The lowest BCUT2D eigenvalue weighted by Crippen LogP contribution is -2.26. The van der Waals surface area contributed by atoms with E-state index in [-0.39, 0.29) is 5.82 Å². The molecule has 0 amide bonds. The van der Waals surface area contributed by atoms with Gasteiger partial charge in [0.15, 0.2) is 0 Å². The van der Waals surface area contributed by atoms with Crippen LogP contribution in [0.1, 0.15) is 24.8 Å². The molecule has 1 N–H and O–H groups in total. The molecule has 2 rings (SSSR count). The number of nitrogens with one attached hydrogen (secondary N) is 1. The number of ether oxygens (including phenoxy) is 1. The molecule has 1 aromatic carbocycles. The van der Waals surface area contributed by atoms with E-state index in [1.54, 1.807) is 19.2 Å². The zero-order valence-corrected chi connectivity index (χ0v) is 11.6. The Kier molecular flexibility index (Phi) is 5.32. The maximum atomic E-state index is 13.7. The molecule has 4 heteroatoms. The number of hydrogen-bond donors (Lipinski definition) is 1. The Morgan fingerprint density at radius 1 is 1.44 bits per heavy atom. The minimum Gasteiger partial charge on any atom is -0.497 e. The van der Waals surface area contributed by atoms with Crippen molar-refractivity contribution in [3.05, 3.63) is 29.6 Å². The number of thioether (sulfide) groups is 1. The van der Waals surface area contributed by atoms with E-state index in [4.69, 9.17) is 4.74 Å². The van der Waals surface area contributed by atoms with Gasteiger partial charge in [-0.15, -0.1) is 0 Å². The lowest BCUT2D eigenvalue weighted by molar-refractivity contribution is 0.410. The molecule has 1 aliphatic rings. The van der Waals surface area contributed by atoms with Gasteiger partial charge in [-0.05, 0) is 24.7 Å². The van der Waals surface area contributed by atoms with E-state index >= 15 is 0 Å². The molecule has 0 radical (unpaired) electrons. The Bertz CT molecular complexity index is 380. The first kappa shape index (κ1) is 13.7. The summed E-state index contributed by atoms with van der Waals surface area (Å²) in [5.41, 5.74) is 0.705. The van der Waals surface area contributed by atoms with E-state index in [1.165, 1.54) is 31.1 Å². The maximum Gasteiger partial charge on any atom is 0.131 e. The van der Waals surface area contributed by atoms with Gasteiger partial charge in [0.25, 0.3) is 0 Å². The highest BCUT2D eigenvalue weighted by Gasteiger charge is 2.13. The third-order valence-electron chi connectivity index (χ3n) is 3.22. The summed E-state index contributed by atoms with van der Waals surface area (Å²) in [4.78, 5) is 0. The van der Waals surface area contributed by atoms with Gasteiger partial charge in [0.2, 0.25) is 0 Å². The van der Waals surface area contributed by atoms with Gasteiger partial charge in [-0.2, -0.15) is 11.8 Å². The summed E-state index contributed by atoms with van der Waals surface area (Å²) in [6.45, 7) is 1.56. The summed E-state index contributed by atoms with van der Waals surface area (Å²) in [6.07, 6.45) is 3.95. The molecular formula is C14H20FNOS. The molecule has 1 unspecified atom stereocenters. The van der Waals surface area contributed by atoms with E-state index in [1.807, 2.05) is 11.8 Å². The summed E-state index contributed by atoms with van der Waals surface area (Å²) in [5, 5.41) is 4.04. The Balaban J connectivity index is 1.79. The summed E-state index contributed by atoms with van der Waals surface area (Å²) < 4.78 is 18.7. The van der Waals surface area contributed by atoms with Crippen molar-refractivity contribution in [1.29, 1.82) is 0 Å². The predicted octanol–water partition coefficient (Wildman–Crippen LogP) is 3.21. The molecule has 1 aromatic rings. The second kappa shape index (κ2) is 7.00. The standard InChI is InChI=1S/C14H20FNOS/c1-17-12-6-5-11(14(15)8-12)9-16-10-13-4-2-3-7-18-13/h5-6,8,13,16H,2-4,7,9-10H2,1H3. The summed E-state index contributed by atoms with van der Waals surface area (Å²) in [6, 6.07) is 5.02. The third kappa shape index (κ3) is 3.89. The molecule has 0 aromatic heterocycles. The van der Waals surface area contributed by atoms with Gasteiger partial charge >= 0.3 is 0 Å². The smallest absolute Gasteiger partial charge is 0.131 e. The van der Waals surface area contributed by atoms with Crippen LogP contribution in [0.15, 0.2) is 18.2 Å². The fraction of sp³-hybridized carbons (Fsp3) is 0.571. The van der Waals surface area contributed by atoms with Crippen LogP contribution < -0.4 is 10.1 Å². The largest absolute Gasteiger partial charge is 0.497 e. The van der Waals surface area contributed by atoms with Crippen molar-refractivity contribution < 1.29 is 9.13 Å². The molecule has 1 heterocycles. The Hall–Kier alpha value is -0.740. The van der Waals surface area contributed by atoms with Crippen molar-refractivity contribution >= 4 is 11.8 Å². The van der Waals surface area contributed by atoms with Crippen molar-refractivity contribution in [2.24, 2.45) is 0 Å². The lowest BCUT2D eigenvalue weighted by Gasteiger charge is -2.21. The topological polar surface area (TPSA) is 21.3 Å². The van der Waals surface area contributed by atoms with Crippen LogP contribution >= 0.6 is 11.8 Å². The molecule has 100 valence electrons. The average Bonchev–Trinajstić information content (AvgIpc) is 2.42. The quantitative estimate of drug-likeness (QED) is 0.887. The summed E-state index contributed by atoms with van der Waals surface area (Å²) in [7, 11) is 1.55. The van der Waals surface area contributed by atoms with Crippen LogP contribution in [0.4, 0.5) is 4.39 Å². The van der Waals surface area contributed by atoms with Crippen molar-refractivity contribution in [3.8, 4) is 5.75 Å². The normalized spacial score (nSPS) is 19.8. The number of rotatable bonds is 5. The van der Waals surface area contributed by atoms with E-state index < -0.39 is 0 Å². The molecule has 0 bridgehead atoms. The van der Waals surface area contributed by atoms with Crippen LogP contribution in [0.5, 0.6) is 5.75 Å². The third-order valence-corrected chi connectivity index (χ3v) is 4.62. The molecule has 2 nitrogen and oxygen atoms in total. The molecule has 1 fully saturated rings. The highest BCUT2D eigenvalue weighted by Crippen LogP contribution is 2.24. The fourth-order valence-corrected chi connectivity index (χ4v) is 3.41. The molecule has 1 atom stereocenters. The van der Waals surface area contributed by atoms with Crippen LogP contribution in [0.2, 0.25) is 0 Å². The van der Waals surface area contributed by atoms with Crippen molar-refractivity contribution in [2.45, 2.75) is 31.1 Å². The minimum atomic E-state index is -0.196. The zero-order valence-electron chi connectivity index (χ0n) is 10.7. The van der Waals surface area contributed by atoms with Crippen molar-refractivity contribution in [1.82, 2.24) is 5.32 Å². The molecule has 1 saturated heterocycles. The summed E-state index contributed by atoms with van der Waals surface area (Å²) >= 11 is 2.03. The maximum absolute atomic E-state index is 13.7. The van der Waals surface area contributed by atoms with E-state index in [0.29, 0.717) is 23.1 Å². The second-order valence-corrected chi connectivity index (χ2v) is 5.99. The van der Waals surface area contributed by atoms with Crippen LogP contribution in [0, 0.1) is 5.82 Å². The summed E-state index contributed by atoms with van der Waals surface area (Å²) in [5.74, 6) is 1.64. The molecule has 0 spiro atoms. The number of methoxy groups -OCH3 is 1. The monoisotopic (exact) mass is 269 g/mol. The SMILES string of the molecule is COc1ccc(CNCC2CCCCS2)c(F)c1. The molecule has 18 heavy (non-hydrogen) atoms. The lowest BCUT2D eigenvalue weighted by atomic mass is 10.1. The Labute approximate surface area is 112 Å². The van der Waals surface area contributed by atoms with Gasteiger partial charge in [0.05, 0.1) is 7.11 Å². The molecule has 1 aliphatic heterocycles. The Morgan fingerprint density at radius 3 is 3.00 bits per heavy atom. The van der Waals surface area contributed by atoms with Crippen LogP contribution in [-0.4, -0.2) is 24.7 Å². The molecule has 0 saturated carbocycles. The van der Waals surface area contributed by atoms with Gasteiger partial charge in [-0.3, -0.25) is 0 Å². The number of halogens is 1. The van der Waals surface area contributed by atoms with Crippen molar-refractivity contribution in [3.63, 3.8) is 0 Å². The first-order valence-corrected chi connectivity index (χ1v) is 7.49. The highest BCUT2D eigenvalue weighted by atomic mass is 32.2. The van der Waals surface area contributed by atoms with Gasteiger partial charge in [-0.25, -0.2) is 4.39 Å². The molecule has 0 aliphatic carbocycles. The second-order valence-electron chi connectivity index (χ2n) is 4.58. The molecular weight excluding hydrogens is 249 g/mol.